The number of carbonyl (C=O) groups is 3. The summed E-state index contributed by atoms with van der Waals surface area (Å²) in [6.45, 7) is 6.39. The van der Waals surface area contributed by atoms with Crippen molar-refractivity contribution in [3.63, 3.8) is 0 Å². The molecule has 1 unspecified atom stereocenters. The molecule has 406 valence electrons. The number of allylic oxidation sites excluding steroid dienone is 22. The van der Waals surface area contributed by atoms with Gasteiger partial charge in [-0.05, 0) is 89.9 Å². The predicted molar refractivity (Wildman–Crippen MR) is 311 cm³/mol. The van der Waals surface area contributed by atoms with Gasteiger partial charge in [0.15, 0.2) is 6.10 Å². The molecule has 0 fully saturated rings. The number of ether oxygens (including phenoxy) is 3. The summed E-state index contributed by atoms with van der Waals surface area (Å²) < 4.78 is 16.8. The molecule has 6 heteroatoms. The highest BCUT2D eigenvalue weighted by Crippen LogP contribution is 2.14. The lowest BCUT2D eigenvalue weighted by molar-refractivity contribution is -0.167. The largest absolute Gasteiger partial charge is 0.462 e. The van der Waals surface area contributed by atoms with Gasteiger partial charge in [-0.2, -0.15) is 0 Å². The quantitative estimate of drug-likeness (QED) is 0.0261. The van der Waals surface area contributed by atoms with E-state index in [4.69, 9.17) is 14.2 Å². The number of hydrogen-bond donors (Lipinski definition) is 0. The van der Waals surface area contributed by atoms with Crippen LogP contribution in [0.15, 0.2) is 134 Å². The third-order valence-electron chi connectivity index (χ3n) is 12.1. The van der Waals surface area contributed by atoms with Gasteiger partial charge >= 0.3 is 17.9 Å². The van der Waals surface area contributed by atoms with E-state index in [1.165, 1.54) is 109 Å². The maximum atomic E-state index is 12.9. The number of unbranched alkanes of at least 4 members (excludes halogenated alkanes) is 26. The molecule has 0 radical (unpaired) electrons. The minimum Gasteiger partial charge on any atom is -0.462 e. The molecule has 0 saturated heterocycles. The van der Waals surface area contributed by atoms with E-state index in [2.05, 4.69) is 93.7 Å². The summed E-state index contributed by atoms with van der Waals surface area (Å²) in [4.78, 5) is 38.2. The van der Waals surface area contributed by atoms with Crippen LogP contribution in [0, 0.1) is 0 Å². The van der Waals surface area contributed by atoms with Crippen molar-refractivity contribution in [1.29, 1.82) is 0 Å². The molecule has 0 rings (SSSR count). The molecule has 0 aromatic rings. The number of esters is 3. The number of rotatable bonds is 51. The molecule has 0 bridgehead atoms. The molecule has 0 aliphatic heterocycles. The Hall–Kier alpha value is -4.45. The van der Waals surface area contributed by atoms with Crippen molar-refractivity contribution in [2.45, 2.75) is 252 Å². The molecule has 0 aromatic carbocycles. The predicted octanol–water partition coefficient (Wildman–Crippen LogP) is 19.8. The van der Waals surface area contributed by atoms with E-state index >= 15 is 0 Å². The van der Waals surface area contributed by atoms with Crippen molar-refractivity contribution < 1.29 is 28.6 Å². The normalized spacial score (nSPS) is 13.1. The minimum absolute atomic E-state index is 0.107. The molecule has 0 aliphatic carbocycles. The van der Waals surface area contributed by atoms with Gasteiger partial charge in [-0.1, -0.05) is 270 Å². The second-order valence-corrected chi connectivity index (χ2v) is 19.1. The van der Waals surface area contributed by atoms with Crippen LogP contribution < -0.4 is 0 Å². The highest BCUT2D eigenvalue weighted by molar-refractivity contribution is 5.71. The van der Waals surface area contributed by atoms with E-state index < -0.39 is 6.10 Å². The third kappa shape index (κ3) is 56.5. The van der Waals surface area contributed by atoms with Gasteiger partial charge in [-0.25, -0.2) is 0 Å². The average Bonchev–Trinajstić information content (AvgIpc) is 3.38. The van der Waals surface area contributed by atoms with Crippen LogP contribution in [0.1, 0.15) is 245 Å². The van der Waals surface area contributed by atoms with E-state index in [-0.39, 0.29) is 37.5 Å². The van der Waals surface area contributed by atoms with Gasteiger partial charge < -0.3 is 14.2 Å². The van der Waals surface area contributed by atoms with Crippen LogP contribution in [-0.4, -0.2) is 37.2 Å². The summed E-state index contributed by atoms with van der Waals surface area (Å²) in [5.41, 5.74) is 0. The van der Waals surface area contributed by atoms with Gasteiger partial charge in [0.05, 0.1) is 0 Å². The zero-order chi connectivity index (χ0) is 52.2. The van der Waals surface area contributed by atoms with Crippen LogP contribution in [0.3, 0.4) is 0 Å². The SMILES string of the molecule is CC\C=C/C=C\C=C/C=C\C=C\C=C/CCCCCC(=O)OCC(COC(=O)CCCCCCCCCCCC/C=C\C=C/CCCCC)OC(=O)CCCCCCC\C=C/C=C\C=C/CCCCCCC. The Labute approximate surface area is 443 Å². The topological polar surface area (TPSA) is 78.9 Å². The zero-order valence-corrected chi connectivity index (χ0v) is 46.4. The molecule has 0 aliphatic rings. The minimum atomic E-state index is -0.815. The van der Waals surface area contributed by atoms with Crippen LogP contribution in [0.2, 0.25) is 0 Å². The van der Waals surface area contributed by atoms with Gasteiger partial charge in [-0.15, -0.1) is 0 Å². The van der Waals surface area contributed by atoms with Gasteiger partial charge in [0, 0.05) is 19.3 Å². The number of hydrogen-bond acceptors (Lipinski definition) is 6. The van der Waals surface area contributed by atoms with Crippen LogP contribution >= 0.6 is 0 Å². The van der Waals surface area contributed by atoms with Crippen LogP contribution in [0.5, 0.6) is 0 Å². The Morgan fingerprint density at radius 1 is 0.292 bits per heavy atom. The molecule has 0 N–H and O–H groups in total. The lowest BCUT2D eigenvalue weighted by Crippen LogP contribution is -2.30. The highest BCUT2D eigenvalue weighted by atomic mass is 16.6. The Bertz CT molecular complexity index is 1560. The van der Waals surface area contributed by atoms with Crippen LogP contribution in [-0.2, 0) is 28.6 Å². The van der Waals surface area contributed by atoms with Crippen molar-refractivity contribution in [3.05, 3.63) is 134 Å². The van der Waals surface area contributed by atoms with Crippen molar-refractivity contribution in [3.8, 4) is 0 Å². The van der Waals surface area contributed by atoms with E-state index in [1.807, 2.05) is 60.8 Å². The Morgan fingerprint density at radius 2 is 0.542 bits per heavy atom. The fraction of sp³-hybridized carbons (Fsp3) is 0.621. The smallest absolute Gasteiger partial charge is 0.306 e. The lowest BCUT2D eigenvalue weighted by atomic mass is 10.1. The van der Waals surface area contributed by atoms with Crippen LogP contribution in [0.4, 0.5) is 0 Å². The van der Waals surface area contributed by atoms with Crippen molar-refractivity contribution in [2.75, 3.05) is 13.2 Å². The Morgan fingerprint density at radius 3 is 0.903 bits per heavy atom. The van der Waals surface area contributed by atoms with Crippen LogP contribution in [0.25, 0.3) is 0 Å². The monoisotopic (exact) mass is 995 g/mol. The molecule has 0 saturated carbocycles. The van der Waals surface area contributed by atoms with Crippen molar-refractivity contribution >= 4 is 17.9 Å². The molecule has 0 spiro atoms. The fourth-order valence-electron chi connectivity index (χ4n) is 7.70. The summed E-state index contributed by atoms with van der Waals surface area (Å²) in [6, 6.07) is 0. The molecule has 1 atom stereocenters. The van der Waals surface area contributed by atoms with Crippen molar-refractivity contribution in [2.24, 2.45) is 0 Å². The lowest BCUT2D eigenvalue weighted by Gasteiger charge is -2.18. The highest BCUT2D eigenvalue weighted by Gasteiger charge is 2.19. The molecular formula is C66H106O6. The molecular weight excluding hydrogens is 889 g/mol. The summed E-state index contributed by atoms with van der Waals surface area (Å²) in [7, 11) is 0. The second-order valence-electron chi connectivity index (χ2n) is 19.1. The first-order valence-corrected chi connectivity index (χ1v) is 29.3. The van der Waals surface area contributed by atoms with Gasteiger partial charge in [0.1, 0.15) is 13.2 Å². The molecule has 72 heavy (non-hydrogen) atoms. The third-order valence-corrected chi connectivity index (χ3v) is 12.1. The zero-order valence-electron chi connectivity index (χ0n) is 46.4. The van der Waals surface area contributed by atoms with Gasteiger partial charge in [0.2, 0.25) is 0 Å². The number of carbonyl (C=O) groups excluding carboxylic acids is 3. The fourth-order valence-corrected chi connectivity index (χ4v) is 7.70. The van der Waals surface area contributed by atoms with E-state index in [1.54, 1.807) is 0 Å². The standard InChI is InChI=1S/C66H106O6/c1-4-7-10-13-16-19-22-25-28-31-33-36-38-41-44-47-50-53-56-59-65(68)71-62-63(61-70-64(67)58-55-52-49-46-43-40-37-34-30-27-24-21-18-15-12-9-6-3)72-66(69)60-57-54-51-48-45-42-39-35-32-29-26-23-20-17-14-11-8-5-2/h9,12,15-16,18-19,21-27,29-30,32,34-35,37,39-40,43,63H,4-8,10-11,13-14,17,20,28,31,33,36,38,41-42,44-62H2,1-3H3/b12-9-,18-15-,19-16-,24-21-,25-22-,26-23-,30-27-,32-29-,37-34+,39-35-,43-40-. The first-order valence-electron chi connectivity index (χ1n) is 29.3. The first kappa shape index (κ1) is 67.5. The Balaban J connectivity index is 4.53. The summed E-state index contributed by atoms with van der Waals surface area (Å²) in [5, 5.41) is 0. The summed E-state index contributed by atoms with van der Waals surface area (Å²) in [5.74, 6) is -0.978. The molecule has 0 heterocycles. The van der Waals surface area contributed by atoms with Crippen molar-refractivity contribution in [1.82, 2.24) is 0 Å². The Kier molecular flexibility index (Phi) is 55.5. The van der Waals surface area contributed by atoms with E-state index in [9.17, 15) is 14.4 Å². The van der Waals surface area contributed by atoms with Gasteiger partial charge in [0.25, 0.3) is 0 Å². The summed E-state index contributed by atoms with van der Waals surface area (Å²) >= 11 is 0. The molecule has 0 amide bonds. The maximum absolute atomic E-state index is 12.9. The van der Waals surface area contributed by atoms with Gasteiger partial charge in [-0.3, -0.25) is 14.4 Å². The first-order chi connectivity index (χ1) is 35.5. The second kappa shape index (κ2) is 59.1. The van der Waals surface area contributed by atoms with E-state index in [0.29, 0.717) is 12.8 Å². The summed E-state index contributed by atoms with van der Waals surface area (Å²) in [6.07, 6.45) is 82.9. The molecule has 6 nitrogen and oxygen atoms in total. The average molecular weight is 996 g/mol. The molecule has 0 aromatic heterocycles. The maximum Gasteiger partial charge on any atom is 0.306 e. The van der Waals surface area contributed by atoms with E-state index in [0.717, 1.165) is 96.3 Å².